The van der Waals surface area contributed by atoms with Gasteiger partial charge in [0.15, 0.2) is 0 Å². The molecule has 2 aromatic heterocycles. The monoisotopic (exact) mass is 239 g/mol. The first-order valence-electron chi connectivity index (χ1n) is 5.76. The summed E-state index contributed by atoms with van der Waals surface area (Å²) >= 11 is 0. The number of anilines is 1. The summed E-state index contributed by atoms with van der Waals surface area (Å²) in [6, 6.07) is 12.1. The highest BCUT2D eigenvalue weighted by molar-refractivity contribution is 5.64. The van der Waals surface area contributed by atoms with E-state index in [4.69, 9.17) is 4.42 Å². The summed E-state index contributed by atoms with van der Waals surface area (Å²) < 4.78 is 5.03. The highest BCUT2D eigenvalue weighted by Gasteiger charge is 2.00. The van der Waals surface area contributed by atoms with Crippen LogP contribution in [0.25, 0.3) is 11.3 Å². The van der Waals surface area contributed by atoms with Crippen molar-refractivity contribution in [3.8, 4) is 11.3 Å². The number of H-pyrrole nitrogens is 1. The van der Waals surface area contributed by atoms with Crippen LogP contribution in [0.3, 0.4) is 0 Å². The van der Waals surface area contributed by atoms with E-state index in [1.165, 1.54) is 0 Å². The maximum Gasteiger partial charge on any atom is 0.0952 e. The molecule has 0 radical (unpaired) electrons. The predicted molar refractivity (Wildman–Crippen MR) is 70.1 cm³/mol. The predicted octanol–water partition coefficient (Wildman–Crippen LogP) is 3.28. The van der Waals surface area contributed by atoms with Crippen molar-refractivity contribution in [2.24, 2.45) is 0 Å². The van der Waals surface area contributed by atoms with Gasteiger partial charge < -0.3 is 9.73 Å². The van der Waals surface area contributed by atoms with E-state index in [1.807, 2.05) is 24.3 Å². The van der Waals surface area contributed by atoms with Gasteiger partial charge in [-0.05, 0) is 24.3 Å². The summed E-state index contributed by atoms with van der Waals surface area (Å²) in [5.74, 6) is 0. The molecule has 1 aromatic carbocycles. The number of benzene rings is 1. The fourth-order valence-corrected chi connectivity index (χ4v) is 1.81. The van der Waals surface area contributed by atoms with Crippen molar-refractivity contribution >= 4 is 5.69 Å². The molecule has 0 aliphatic rings. The van der Waals surface area contributed by atoms with Gasteiger partial charge in [-0.25, -0.2) is 0 Å². The summed E-state index contributed by atoms with van der Waals surface area (Å²) in [4.78, 5) is 0. The lowest BCUT2D eigenvalue weighted by Gasteiger charge is -2.06. The van der Waals surface area contributed by atoms with E-state index in [0.717, 1.165) is 29.1 Å². The second kappa shape index (κ2) is 4.79. The largest absolute Gasteiger partial charge is 0.472 e. The van der Waals surface area contributed by atoms with Crippen LogP contribution in [0.5, 0.6) is 0 Å². The first kappa shape index (κ1) is 10.7. The molecule has 3 rings (SSSR count). The van der Waals surface area contributed by atoms with Crippen molar-refractivity contribution < 1.29 is 4.42 Å². The second-order valence-electron chi connectivity index (χ2n) is 4.04. The molecule has 3 aromatic rings. The molecule has 0 bridgehead atoms. The van der Waals surface area contributed by atoms with Crippen molar-refractivity contribution in [1.82, 2.24) is 10.2 Å². The Kier molecular flexibility index (Phi) is 2.84. The number of rotatable bonds is 4. The SMILES string of the molecule is c1cc(NCc2ccoc2)cc(-c2ccn[nH]2)c1. The second-order valence-corrected chi connectivity index (χ2v) is 4.04. The smallest absolute Gasteiger partial charge is 0.0952 e. The number of nitrogens with zero attached hydrogens (tertiary/aromatic N) is 1. The molecule has 18 heavy (non-hydrogen) atoms. The Morgan fingerprint density at radius 1 is 1.22 bits per heavy atom. The van der Waals surface area contributed by atoms with Crippen LogP contribution in [0.15, 0.2) is 59.5 Å². The van der Waals surface area contributed by atoms with E-state index in [9.17, 15) is 0 Å². The molecule has 0 amide bonds. The summed E-state index contributed by atoms with van der Waals surface area (Å²) in [5.41, 5.74) is 4.33. The summed E-state index contributed by atoms with van der Waals surface area (Å²) in [6.45, 7) is 0.753. The van der Waals surface area contributed by atoms with Crippen LogP contribution in [0.2, 0.25) is 0 Å². The molecule has 0 unspecified atom stereocenters. The van der Waals surface area contributed by atoms with Crippen molar-refractivity contribution in [3.63, 3.8) is 0 Å². The third-order valence-electron chi connectivity index (χ3n) is 2.75. The zero-order chi connectivity index (χ0) is 12.2. The molecule has 0 saturated carbocycles. The molecule has 0 fully saturated rings. The van der Waals surface area contributed by atoms with E-state index >= 15 is 0 Å². The Morgan fingerprint density at radius 3 is 3.00 bits per heavy atom. The Hall–Kier alpha value is -2.49. The minimum Gasteiger partial charge on any atom is -0.472 e. The molecular weight excluding hydrogens is 226 g/mol. The van der Waals surface area contributed by atoms with E-state index in [2.05, 4.69) is 27.6 Å². The van der Waals surface area contributed by atoms with Gasteiger partial charge in [0.25, 0.3) is 0 Å². The number of hydrogen-bond donors (Lipinski definition) is 2. The van der Waals surface area contributed by atoms with Crippen LogP contribution in [-0.4, -0.2) is 10.2 Å². The average molecular weight is 239 g/mol. The number of hydrogen-bond acceptors (Lipinski definition) is 3. The average Bonchev–Trinajstić information content (AvgIpc) is 3.10. The molecule has 0 atom stereocenters. The zero-order valence-electron chi connectivity index (χ0n) is 9.76. The minimum atomic E-state index is 0.753. The molecule has 4 heteroatoms. The van der Waals surface area contributed by atoms with Crippen LogP contribution in [0, 0.1) is 0 Å². The molecule has 2 N–H and O–H groups in total. The van der Waals surface area contributed by atoms with Crippen LogP contribution < -0.4 is 5.32 Å². The normalized spacial score (nSPS) is 10.4. The molecule has 0 aliphatic carbocycles. The Labute approximate surface area is 105 Å². The van der Waals surface area contributed by atoms with Gasteiger partial charge in [-0.3, -0.25) is 5.10 Å². The lowest BCUT2D eigenvalue weighted by atomic mass is 10.1. The standard InChI is InChI=1S/C14H13N3O/c1-2-12(14-4-6-16-17-14)8-13(3-1)15-9-11-5-7-18-10-11/h1-8,10,15H,9H2,(H,16,17). The van der Waals surface area contributed by atoms with Gasteiger partial charge in [0.05, 0.1) is 18.2 Å². The molecule has 2 heterocycles. The first-order valence-corrected chi connectivity index (χ1v) is 5.76. The summed E-state index contributed by atoms with van der Waals surface area (Å²) in [5, 5.41) is 10.3. The van der Waals surface area contributed by atoms with E-state index in [0.29, 0.717) is 0 Å². The van der Waals surface area contributed by atoms with E-state index < -0.39 is 0 Å². The lowest BCUT2D eigenvalue weighted by Crippen LogP contribution is -1.97. The number of furan rings is 1. The van der Waals surface area contributed by atoms with Crippen LogP contribution in [0.4, 0.5) is 5.69 Å². The Bertz CT molecular complexity index is 600. The topological polar surface area (TPSA) is 53.9 Å². The Balaban J connectivity index is 1.75. The van der Waals surface area contributed by atoms with Crippen molar-refractivity contribution in [2.75, 3.05) is 5.32 Å². The highest BCUT2D eigenvalue weighted by atomic mass is 16.3. The van der Waals surface area contributed by atoms with Crippen LogP contribution >= 0.6 is 0 Å². The fraction of sp³-hybridized carbons (Fsp3) is 0.0714. The van der Waals surface area contributed by atoms with Crippen molar-refractivity contribution in [3.05, 3.63) is 60.7 Å². The van der Waals surface area contributed by atoms with E-state index in [-0.39, 0.29) is 0 Å². The van der Waals surface area contributed by atoms with Gasteiger partial charge in [0, 0.05) is 29.6 Å². The maximum atomic E-state index is 5.03. The van der Waals surface area contributed by atoms with E-state index in [1.54, 1.807) is 18.7 Å². The highest BCUT2D eigenvalue weighted by Crippen LogP contribution is 2.20. The minimum absolute atomic E-state index is 0.753. The summed E-state index contributed by atoms with van der Waals surface area (Å²) in [6.07, 6.45) is 5.17. The number of aromatic amines is 1. The quantitative estimate of drug-likeness (QED) is 0.734. The first-order chi connectivity index (χ1) is 8.92. The maximum absolute atomic E-state index is 5.03. The lowest BCUT2D eigenvalue weighted by molar-refractivity contribution is 0.564. The Morgan fingerprint density at radius 2 is 2.22 bits per heavy atom. The zero-order valence-corrected chi connectivity index (χ0v) is 9.76. The molecule has 0 saturated heterocycles. The summed E-state index contributed by atoms with van der Waals surface area (Å²) in [7, 11) is 0. The van der Waals surface area contributed by atoms with Crippen LogP contribution in [0.1, 0.15) is 5.56 Å². The van der Waals surface area contributed by atoms with Crippen LogP contribution in [-0.2, 0) is 6.54 Å². The van der Waals surface area contributed by atoms with Gasteiger partial charge in [-0.15, -0.1) is 0 Å². The van der Waals surface area contributed by atoms with Crippen molar-refractivity contribution in [1.29, 1.82) is 0 Å². The van der Waals surface area contributed by atoms with Gasteiger partial charge in [-0.1, -0.05) is 12.1 Å². The molecule has 0 spiro atoms. The third-order valence-corrected chi connectivity index (χ3v) is 2.75. The van der Waals surface area contributed by atoms with Gasteiger partial charge in [0.2, 0.25) is 0 Å². The number of nitrogens with one attached hydrogen (secondary N) is 2. The molecule has 4 nitrogen and oxygen atoms in total. The van der Waals surface area contributed by atoms with Gasteiger partial charge >= 0.3 is 0 Å². The van der Waals surface area contributed by atoms with Gasteiger partial charge in [0.1, 0.15) is 0 Å². The third kappa shape index (κ3) is 2.27. The van der Waals surface area contributed by atoms with Crippen molar-refractivity contribution in [2.45, 2.75) is 6.54 Å². The fourth-order valence-electron chi connectivity index (χ4n) is 1.81. The molecule has 90 valence electrons. The molecular formula is C14H13N3O. The number of aromatic nitrogens is 2. The molecule has 0 aliphatic heterocycles. The van der Waals surface area contributed by atoms with Gasteiger partial charge in [-0.2, -0.15) is 5.10 Å².